The molecule has 0 saturated heterocycles. The van der Waals surface area contributed by atoms with Gasteiger partial charge in [-0.3, -0.25) is 4.79 Å². The van der Waals surface area contributed by atoms with Crippen LogP contribution in [0.1, 0.15) is 5.56 Å². The van der Waals surface area contributed by atoms with Crippen molar-refractivity contribution in [3.05, 3.63) is 70.6 Å². The SMILES string of the molecule is Cn1cc(-c2cccc(CNS(C)(=O)=O)c2)c2ccccc2c1=O. The smallest absolute Gasteiger partial charge is 0.258 e. The first-order chi connectivity index (χ1) is 11.3. The molecule has 3 aromatic rings. The van der Waals surface area contributed by atoms with E-state index in [0.29, 0.717) is 5.39 Å². The third kappa shape index (κ3) is 3.39. The largest absolute Gasteiger partial charge is 0.317 e. The van der Waals surface area contributed by atoms with Gasteiger partial charge >= 0.3 is 0 Å². The van der Waals surface area contributed by atoms with Gasteiger partial charge in [0.15, 0.2) is 0 Å². The minimum Gasteiger partial charge on any atom is -0.317 e. The highest BCUT2D eigenvalue weighted by atomic mass is 32.2. The van der Waals surface area contributed by atoms with Crippen molar-refractivity contribution in [3.63, 3.8) is 0 Å². The minimum atomic E-state index is -3.24. The van der Waals surface area contributed by atoms with E-state index in [9.17, 15) is 13.2 Å². The lowest BCUT2D eigenvalue weighted by Crippen LogP contribution is -2.21. The van der Waals surface area contributed by atoms with Crippen LogP contribution in [0.3, 0.4) is 0 Å². The Hall–Kier alpha value is -2.44. The van der Waals surface area contributed by atoms with Crippen LogP contribution in [0.15, 0.2) is 59.5 Å². The fraction of sp³-hybridized carbons (Fsp3) is 0.167. The summed E-state index contributed by atoms with van der Waals surface area (Å²) in [5, 5.41) is 1.55. The van der Waals surface area contributed by atoms with Crippen molar-refractivity contribution in [1.29, 1.82) is 0 Å². The van der Waals surface area contributed by atoms with E-state index in [0.717, 1.165) is 28.3 Å². The van der Waals surface area contributed by atoms with Gasteiger partial charge in [0.1, 0.15) is 0 Å². The van der Waals surface area contributed by atoms with Gasteiger partial charge in [0.25, 0.3) is 5.56 Å². The van der Waals surface area contributed by atoms with Crippen LogP contribution in [-0.4, -0.2) is 19.2 Å². The van der Waals surface area contributed by atoms with Gasteiger partial charge in [-0.15, -0.1) is 0 Å². The highest BCUT2D eigenvalue weighted by molar-refractivity contribution is 7.88. The van der Waals surface area contributed by atoms with Crippen molar-refractivity contribution in [3.8, 4) is 11.1 Å². The number of aryl methyl sites for hydroxylation is 1. The quantitative estimate of drug-likeness (QED) is 0.791. The Morgan fingerprint density at radius 1 is 1.04 bits per heavy atom. The molecule has 1 aromatic heterocycles. The average Bonchev–Trinajstić information content (AvgIpc) is 2.56. The van der Waals surface area contributed by atoms with Crippen LogP contribution in [0, 0.1) is 0 Å². The van der Waals surface area contributed by atoms with E-state index in [1.807, 2.05) is 54.7 Å². The fourth-order valence-electron chi connectivity index (χ4n) is 2.71. The predicted octanol–water partition coefficient (Wildman–Crippen LogP) is 2.25. The number of hydrogen-bond acceptors (Lipinski definition) is 3. The van der Waals surface area contributed by atoms with Crippen LogP contribution in [0.25, 0.3) is 21.9 Å². The first kappa shape index (κ1) is 16.4. The Morgan fingerprint density at radius 3 is 2.46 bits per heavy atom. The molecule has 1 heterocycles. The molecule has 0 aliphatic rings. The van der Waals surface area contributed by atoms with E-state index < -0.39 is 10.0 Å². The maximum atomic E-state index is 12.3. The van der Waals surface area contributed by atoms with Crippen LogP contribution in [0.2, 0.25) is 0 Å². The maximum Gasteiger partial charge on any atom is 0.258 e. The molecule has 0 spiro atoms. The monoisotopic (exact) mass is 342 g/mol. The number of pyridine rings is 1. The zero-order valence-corrected chi connectivity index (χ0v) is 14.3. The zero-order chi connectivity index (χ0) is 17.3. The third-order valence-corrected chi connectivity index (χ3v) is 4.54. The molecule has 0 amide bonds. The number of aromatic nitrogens is 1. The van der Waals surface area contributed by atoms with Crippen LogP contribution in [0.5, 0.6) is 0 Å². The van der Waals surface area contributed by atoms with Crippen molar-refractivity contribution in [2.24, 2.45) is 7.05 Å². The standard InChI is InChI=1S/C18H18N2O3S/c1-20-12-17(15-8-3-4-9-16(15)18(20)21)14-7-5-6-13(10-14)11-19-24(2,22)23/h3-10,12,19H,11H2,1-2H3. The number of rotatable bonds is 4. The molecule has 0 fully saturated rings. The molecule has 0 saturated carbocycles. The molecule has 124 valence electrons. The van der Waals surface area contributed by atoms with Crippen molar-refractivity contribution < 1.29 is 8.42 Å². The van der Waals surface area contributed by atoms with E-state index in [2.05, 4.69) is 4.72 Å². The Morgan fingerprint density at radius 2 is 1.75 bits per heavy atom. The third-order valence-electron chi connectivity index (χ3n) is 3.87. The van der Waals surface area contributed by atoms with Gasteiger partial charge in [-0.05, 0) is 28.6 Å². The summed E-state index contributed by atoms with van der Waals surface area (Å²) in [6.45, 7) is 0.233. The van der Waals surface area contributed by atoms with Gasteiger partial charge in [0.2, 0.25) is 10.0 Å². The topological polar surface area (TPSA) is 68.2 Å². The Balaban J connectivity index is 2.11. The number of benzene rings is 2. The molecular weight excluding hydrogens is 324 g/mol. The highest BCUT2D eigenvalue weighted by Crippen LogP contribution is 2.27. The normalized spacial score (nSPS) is 11.8. The lowest BCUT2D eigenvalue weighted by molar-refractivity contribution is 0.587. The Labute approximate surface area is 140 Å². The Bertz CT molecular complexity index is 1070. The first-order valence-corrected chi connectivity index (χ1v) is 9.36. The maximum absolute atomic E-state index is 12.3. The summed E-state index contributed by atoms with van der Waals surface area (Å²) < 4.78 is 26.6. The summed E-state index contributed by atoms with van der Waals surface area (Å²) >= 11 is 0. The van der Waals surface area contributed by atoms with Gasteiger partial charge in [-0.1, -0.05) is 36.4 Å². The van der Waals surface area contributed by atoms with Crippen LogP contribution >= 0.6 is 0 Å². The highest BCUT2D eigenvalue weighted by Gasteiger charge is 2.09. The van der Waals surface area contributed by atoms with Crippen molar-refractivity contribution in [2.75, 3.05) is 6.26 Å². The lowest BCUT2D eigenvalue weighted by Gasteiger charge is -2.11. The molecule has 0 radical (unpaired) electrons. The summed E-state index contributed by atoms with van der Waals surface area (Å²) in [4.78, 5) is 12.3. The van der Waals surface area contributed by atoms with Gasteiger partial charge in [0, 0.05) is 30.7 Å². The molecular formula is C18H18N2O3S. The van der Waals surface area contributed by atoms with Crippen LogP contribution < -0.4 is 10.3 Å². The van der Waals surface area contributed by atoms with Crippen LogP contribution in [0.4, 0.5) is 0 Å². The lowest BCUT2D eigenvalue weighted by atomic mass is 9.99. The molecule has 1 N–H and O–H groups in total. The van der Waals surface area contributed by atoms with E-state index in [1.54, 1.807) is 11.6 Å². The summed E-state index contributed by atoms with van der Waals surface area (Å²) in [6, 6.07) is 15.1. The minimum absolute atomic E-state index is 0.0377. The summed E-state index contributed by atoms with van der Waals surface area (Å²) in [5.74, 6) is 0. The average molecular weight is 342 g/mol. The van der Waals surface area contributed by atoms with E-state index in [-0.39, 0.29) is 12.1 Å². The second-order valence-corrected chi connectivity index (χ2v) is 7.63. The Kier molecular flexibility index (Phi) is 4.26. The fourth-order valence-corrected chi connectivity index (χ4v) is 3.14. The van der Waals surface area contributed by atoms with Gasteiger partial charge in [-0.2, -0.15) is 0 Å². The van der Waals surface area contributed by atoms with Crippen molar-refractivity contribution >= 4 is 20.8 Å². The molecule has 0 bridgehead atoms. The second kappa shape index (κ2) is 6.22. The molecule has 5 nitrogen and oxygen atoms in total. The number of nitrogens with one attached hydrogen (secondary N) is 1. The number of nitrogens with zero attached hydrogens (tertiary/aromatic N) is 1. The van der Waals surface area contributed by atoms with Crippen molar-refractivity contribution in [1.82, 2.24) is 9.29 Å². The predicted molar refractivity (Wildman–Crippen MR) is 96.3 cm³/mol. The van der Waals surface area contributed by atoms with Gasteiger partial charge < -0.3 is 4.57 Å². The molecule has 0 atom stereocenters. The second-order valence-electron chi connectivity index (χ2n) is 5.80. The van der Waals surface area contributed by atoms with E-state index >= 15 is 0 Å². The van der Waals surface area contributed by atoms with Gasteiger partial charge in [-0.25, -0.2) is 13.1 Å². The first-order valence-electron chi connectivity index (χ1n) is 7.47. The molecule has 0 aliphatic heterocycles. The molecule has 24 heavy (non-hydrogen) atoms. The molecule has 0 unspecified atom stereocenters. The zero-order valence-electron chi connectivity index (χ0n) is 13.5. The molecule has 2 aromatic carbocycles. The number of fused-ring (bicyclic) bond motifs is 1. The van der Waals surface area contributed by atoms with E-state index in [4.69, 9.17) is 0 Å². The van der Waals surface area contributed by atoms with Gasteiger partial charge in [0.05, 0.1) is 6.26 Å². The molecule has 0 aliphatic carbocycles. The number of hydrogen-bond donors (Lipinski definition) is 1. The number of sulfonamides is 1. The summed E-state index contributed by atoms with van der Waals surface area (Å²) in [5.41, 5.74) is 2.70. The molecule has 6 heteroatoms. The van der Waals surface area contributed by atoms with Crippen molar-refractivity contribution in [2.45, 2.75) is 6.54 Å². The summed E-state index contributed by atoms with van der Waals surface area (Å²) in [7, 11) is -1.51. The molecule has 3 rings (SSSR count). The summed E-state index contributed by atoms with van der Waals surface area (Å²) in [6.07, 6.45) is 2.95. The van der Waals surface area contributed by atoms with Crippen LogP contribution in [-0.2, 0) is 23.6 Å². The van der Waals surface area contributed by atoms with E-state index in [1.165, 1.54) is 0 Å².